The average Bonchev–Trinajstić information content (AvgIpc) is 3.16. The van der Waals surface area contributed by atoms with Crippen molar-refractivity contribution >= 4 is 16.3 Å². The van der Waals surface area contributed by atoms with Gasteiger partial charge in [0.05, 0.1) is 23.1 Å². The van der Waals surface area contributed by atoms with Crippen molar-refractivity contribution < 1.29 is 9.84 Å². The summed E-state index contributed by atoms with van der Waals surface area (Å²) in [5.41, 5.74) is 2.39. The van der Waals surface area contributed by atoms with Crippen molar-refractivity contribution in [2.75, 3.05) is 13.1 Å². The van der Waals surface area contributed by atoms with Gasteiger partial charge in [0.15, 0.2) is 5.82 Å². The Kier molecular flexibility index (Phi) is 4.92. The largest absolute Gasteiger partial charge is 0.492 e. The normalized spacial score (nSPS) is 22.4. The molecule has 0 amide bonds. The van der Waals surface area contributed by atoms with Gasteiger partial charge in [-0.2, -0.15) is 4.52 Å². The molecular weight excluding hydrogens is 360 g/mol. The molecule has 3 heterocycles. The lowest BCUT2D eigenvalue weighted by Gasteiger charge is -2.40. The van der Waals surface area contributed by atoms with Crippen molar-refractivity contribution in [1.29, 1.82) is 0 Å². The highest BCUT2D eigenvalue weighted by Crippen LogP contribution is 2.41. The molecular formula is C20H26N4O2S. The minimum atomic E-state index is -0.0435. The number of fused-ring (bicyclic) bond motifs is 1. The lowest BCUT2D eigenvalue weighted by atomic mass is 10.0. The zero-order valence-corrected chi connectivity index (χ0v) is 17.0. The van der Waals surface area contributed by atoms with Crippen LogP contribution in [0.3, 0.4) is 0 Å². The second-order valence-corrected chi connectivity index (χ2v) is 8.40. The predicted molar refractivity (Wildman–Crippen MR) is 107 cm³/mol. The van der Waals surface area contributed by atoms with E-state index in [0.717, 1.165) is 40.7 Å². The van der Waals surface area contributed by atoms with Crippen LogP contribution >= 0.6 is 11.3 Å². The Morgan fingerprint density at radius 1 is 1.22 bits per heavy atom. The number of aryl methyl sites for hydroxylation is 2. The number of thiazole rings is 1. The van der Waals surface area contributed by atoms with E-state index in [1.165, 1.54) is 16.9 Å². The molecule has 1 fully saturated rings. The summed E-state index contributed by atoms with van der Waals surface area (Å²) in [7, 11) is 0. The smallest absolute Gasteiger partial charge is 0.230 e. The van der Waals surface area contributed by atoms with Crippen molar-refractivity contribution in [2.24, 2.45) is 0 Å². The van der Waals surface area contributed by atoms with Gasteiger partial charge in [-0.3, -0.25) is 4.90 Å². The van der Waals surface area contributed by atoms with E-state index in [1.54, 1.807) is 4.52 Å². The van der Waals surface area contributed by atoms with Crippen molar-refractivity contribution in [1.82, 2.24) is 19.5 Å². The van der Waals surface area contributed by atoms with E-state index in [2.05, 4.69) is 60.0 Å². The Morgan fingerprint density at radius 3 is 2.48 bits per heavy atom. The van der Waals surface area contributed by atoms with E-state index in [0.29, 0.717) is 0 Å². The second-order valence-electron chi connectivity index (χ2n) is 7.39. The molecule has 0 spiro atoms. The van der Waals surface area contributed by atoms with Crippen LogP contribution in [0.4, 0.5) is 0 Å². The predicted octanol–water partition coefficient (Wildman–Crippen LogP) is 3.57. The first-order valence-electron chi connectivity index (χ1n) is 9.49. The van der Waals surface area contributed by atoms with Gasteiger partial charge < -0.3 is 9.84 Å². The van der Waals surface area contributed by atoms with E-state index in [9.17, 15) is 5.11 Å². The molecule has 1 aromatic carbocycles. The number of hydrogen-bond donors (Lipinski definition) is 1. The minimum absolute atomic E-state index is 0.0435. The molecule has 0 bridgehead atoms. The monoisotopic (exact) mass is 386 g/mol. The van der Waals surface area contributed by atoms with Gasteiger partial charge >= 0.3 is 0 Å². The van der Waals surface area contributed by atoms with E-state index in [4.69, 9.17) is 4.74 Å². The molecule has 4 rings (SSSR count). The van der Waals surface area contributed by atoms with Crippen LogP contribution in [-0.4, -0.2) is 49.9 Å². The molecule has 7 heteroatoms. The summed E-state index contributed by atoms with van der Waals surface area (Å²) in [6.45, 7) is 9.94. The van der Waals surface area contributed by atoms with Crippen molar-refractivity contribution in [3.05, 3.63) is 46.1 Å². The maximum absolute atomic E-state index is 11.0. The molecule has 144 valence electrons. The Morgan fingerprint density at radius 2 is 1.89 bits per heavy atom. The van der Waals surface area contributed by atoms with Gasteiger partial charge in [-0.25, -0.2) is 4.98 Å². The zero-order chi connectivity index (χ0) is 19.1. The second kappa shape index (κ2) is 7.22. The maximum Gasteiger partial charge on any atom is 0.230 e. The maximum atomic E-state index is 11.0. The van der Waals surface area contributed by atoms with Crippen LogP contribution in [0.1, 0.15) is 48.6 Å². The van der Waals surface area contributed by atoms with Crippen LogP contribution in [0.15, 0.2) is 24.3 Å². The average molecular weight is 387 g/mol. The Labute approximate surface area is 163 Å². The topological polar surface area (TPSA) is 62.9 Å². The molecule has 1 aliphatic rings. The fourth-order valence-electron chi connectivity index (χ4n) is 3.82. The van der Waals surface area contributed by atoms with Gasteiger partial charge in [0.1, 0.15) is 0 Å². The van der Waals surface area contributed by atoms with Crippen LogP contribution in [0.25, 0.3) is 4.96 Å². The molecule has 6 nitrogen and oxygen atoms in total. The van der Waals surface area contributed by atoms with E-state index in [1.807, 2.05) is 6.92 Å². The standard InChI is InChI=1S/C20H26N4O2S/c1-5-16-21-20-24(22-16)19(25)18(27-20)17(15-8-6-12(2)7-9-15)23-10-13(3)26-14(4)11-23/h6-9,13-14,17,25H,5,10-11H2,1-4H3/t13-,14-,17-/m1/s1. The van der Waals surface area contributed by atoms with Gasteiger partial charge in [0, 0.05) is 19.5 Å². The van der Waals surface area contributed by atoms with Gasteiger partial charge in [-0.1, -0.05) is 48.1 Å². The SMILES string of the molecule is CCc1nc2sc([C@@H](c3ccc(C)cc3)N3C[C@@H](C)O[C@H](C)C3)c(O)n2n1. The quantitative estimate of drug-likeness (QED) is 0.743. The highest BCUT2D eigenvalue weighted by Gasteiger charge is 2.34. The zero-order valence-electron chi connectivity index (χ0n) is 16.2. The van der Waals surface area contributed by atoms with Crippen molar-refractivity contribution in [2.45, 2.75) is 52.4 Å². The molecule has 2 aromatic heterocycles. The summed E-state index contributed by atoms with van der Waals surface area (Å²) >= 11 is 1.52. The Balaban J connectivity index is 1.81. The highest BCUT2D eigenvalue weighted by molar-refractivity contribution is 7.17. The van der Waals surface area contributed by atoms with Crippen molar-refractivity contribution in [3.63, 3.8) is 0 Å². The van der Waals surface area contributed by atoms with Gasteiger partial charge in [-0.05, 0) is 26.3 Å². The van der Waals surface area contributed by atoms with Crippen LogP contribution < -0.4 is 0 Å². The summed E-state index contributed by atoms with van der Waals surface area (Å²) in [6.07, 6.45) is 1.05. The molecule has 0 unspecified atom stereocenters. The summed E-state index contributed by atoms with van der Waals surface area (Å²) in [5.74, 6) is 0.947. The first-order chi connectivity index (χ1) is 13.0. The molecule has 3 aromatic rings. The van der Waals surface area contributed by atoms with Crippen LogP contribution in [0, 0.1) is 6.92 Å². The number of aromatic nitrogens is 3. The van der Waals surface area contributed by atoms with Crippen LogP contribution in [0.5, 0.6) is 5.88 Å². The molecule has 0 saturated carbocycles. The lowest BCUT2D eigenvalue weighted by Crippen LogP contribution is -2.47. The molecule has 0 aliphatic carbocycles. The number of ether oxygens (including phenoxy) is 1. The molecule has 3 atom stereocenters. The number of aromatic hydroxyl groups is 1. The van der Waals surface area contributed by atoms with E-state index in [-0.39, 0.29) is 24.1 Å². The van der Waals surface area contributed by atoms with Crippen LogP contribution in [0.2, 0.25) is 0 Å². The minimum Gasteiger partial charge on any atom is -0.492 e. The lowest BCUT2D eigenvalue weighted by molar-refractivity contribution is -0.0764. The molecule has 1 saturated heterocycles. The van der Waals surface area contributed by atoms with E-state index >= 15 is 0 Å². The summed E-state index contributed by atoms with van der Waals surface area (Å²) in [5, 5.41) is 15.4. The molecule has 27 heavy (non-hydrogen) atoms. The van der Waals surface area contributed by atoms with Gasteiger partial charge in [0.2, 0.25) is 10.8 Å². The van der Waals surface area contributed by atoms with E-state index < -0.39 is 0 Å². The third-order valence-corrected chi connectivity index (χ3v) is 6.09. The first-order valence-corrected chi connectivity index (χ1v) is 10.3. The number of hydrogen-bond acceptors (Lipinski definition) is 6. The van der Waals surface area contributed by atoms with Crippen molar-refractivity contribution in [3.8, 4) is 5.88 Å². The Hall–Kier alpha value is -1.96. The summed E-state index contributed by atoms with van der Waals surface area (Å²) < 4.78 is 7.51. The fraction of sp³-hybridized carbons (Fsp3) is 0.500. The molecule has 1 aliphatic heterocycles. The Bertz CT molecular complexity index is 924. The molecule has 1 N–H and O–H groups in total. The van der Waals surface area contributed by atoms with Crippen LogP contribution in [-0.2, 0) is 11.2 Å². The molecule has 0 radical (unpaired) electrons. The number of rotatable bonds is 4. The fourth-order valence-corrected chi connectivity index (χ4v) is 4.96. The third-order valence-electron chi connectivity index (χ3n) is 5.01. The van der Waals surface area contributed by atoms with Gasteiger partial charge in [-0.15, -0.1) is 5.10 Å². The third kappa shape index (κ3) is 3.47. The highest BCUT2D eigenvalue weighted by atomic mass is 32.1. The first kappa shape index (κ1) is 18.4. The number of morpholine rings is 1. The summed E-state index contributed by atoms with van der Waals surface area (Å²) in [4.78, 5) is 8.57. The van der Waals surface area contributed by atoms with Gasteiger partial charge in [0.25, 0.3) is 0 Å². The number of benzene rings is 1. The summed E-state index contributed by atoms with van der Waals surface area (Å²) in [6, 6.07) is 8.50. The number of nitrogens with zero attached hydrogens (tertiary/aromatic N) is 4.